The van der Waals surface area contributed by atoms with Crippen LogP contribution >= 0.6 is 11.8 Å². The van der Waals surface area contributed by atoms with E-state index in [1.54, 1.807) is 0 Å². The molecule has 102 valence electrons. The van der Waals surface area contributed by atoms with Gasteiger partial charge in [0.2, 0.25) is 0 Å². The van der Waals surface area contributed by atoms with Gasteiger partial charge in [0.25, 0.3) is 0 Å². The molecule has 0 aromatic heterocycles. The van der Waals surface area contributed by atoms with Crippen LogP contribution < -0.4 is 10.1 Å². The number of nitrogens with one attached hydrogen (secondary N) is 1. The lowest BCUT2D eigenvalue weighted by Crippen LogP contribution is -2.14. The lowest BCUT2D eigenvalue weighted by Gasteiger charge is -2.18. The van der Waals surface area contributed by atoms with E-state index in [0.29, 0.717) is 4.75 Å². The molecule has 0 saturated heterocycles. The summed E-state index contributed by atoms with van der Waals surface area (Å²) in [5, 5.41) is 3.33. The Morgan fingerprint density at radius 2 is 1.94 bits per heavy atom. The molecule has 0 aliphatic rings. The number of ether oxygens (including phenoxy) is 1. The van der Waals surface area contributed by atoms with Crippen LogP contribution in [0.5, 0.6) is 5.75 Å². The molecule has 1 aromatic carbocycles. The molecule has 3 heteroatoms. The molecule has 18 heavy (non-hydrogen) atoms. The van der Waals surface area contributed by atoms with Crippen molar-refractivity contribution in [2.24, 2.45) is 0 Å². The van der Waals surface area contributed by atoms with Crippen LogP contribution in [0.4, 0.5) is 0 Å². The fourth-order valence-corrected chi connectivity index (χ4v) is 2.33. The minimum atomic E-state index is 0.312. The van der Waals surface area contributed by atoms with E-state index in [9.17, 15) is 0 Å². The van der Waals surface area contributed by atoms with Gasteiger partial charge in [-0.1, -0.05) is 45.9 Å². The molecule has 1 rings (SSSR count). The Labute approximate surface area is 116 Å². The Balaban J connectivity index is 2.41. The summed E-state index contributed by atoms with van der Waals surface area (Å²) < 4.78 is 6.18. The number of benzene rings is 1. The first kappa shape index (κ1) is 15.4. The number of thioether (sulfide) groups is 1. The van der Waals surface area contributed by atoms with Gasteiger partial charge in [0.1, 0.15) is 5.75 Å². The molecule has 0 saturated carbocycles. The van der Waals surface area contributed by atoms with Gasteiger partial charge in [-0.15, -0.1) is 0 Å². The molecule has 1 N–H and O–H groups in total. The molecule has 0 amide bonds. The summed E-state index contributed by atoms with van der Waals surface area (Å²) in [6, 6.07) is 8.26. The zero-order chi connectivity index (χ0) is 13.4. The van der Waals surface area contributed by atoms with Crippen LogP contribution in [0.25, 0.3) is 0 Å². The second kappa shape index (κ2) is 7.70. The van der Waals surface area contributed by atoms with E-state index in [2.05, 4.69) is 51.2 Å². The van der Waals surface area contributed by atoms with Gasteiger partial charge in [0.05, 0.1) is 6.61 Å². The van der Waals surface area contributed by atoms with E-state index < -0.39 is 0 Å². The van der Waals surface area contributed by atoms with E-state index in [1.807, 2.05) is 17.8 Å². The molecule has 0 aliphatic carbocycles. The lowest BCUT2D eigenvalue weighted by atomic mass is 10.2. The Hall–Kier alpha value is -0.670. The van der Waals surface area contributed by atoms with Crippen molar-refractivity contribution in [3.05, 3.63) is 29.8 Å². The Morgan fingerprint density at radius 3 is 2.61 bits per heavy atom. The second-order valence-corrected chi connectivity index (χ2v) is 7.12. The summed E-state index contributed by atoms with van der Waals surface area (Å²) in [4.78, 5) is 0. The first-order valence-electron chi connectivity index (χ1n) is 6.58. The third-order valence-electron chi connectivity index (χ3n) is 2.41. The Kier molecular flexibility index (Phi) is 6.58. The molecular weight excluding hydrogens is 242 g/mol. The van der Waals surface area contributed by atoms with Gasteiger partial charge in [-0.2, -0.15) is 11.8 Å². The molecular formula is C15H25NOS. The van der Waals surface area contributed by atoms with Gasteiger partial charge in [0.15, 0.2) is 0 Å². The lowest BCUT2D eigenvalue weighted by molar-refractivity contribution is 0.339. The molecule has 2 nitrogen and oxygen atoms in total. The van der Waals surface area contributed by atoms with E-state index in [0.717, 1.165) is 31.2 Å². The SMILES string of the molecule is CCNCc1ccccc1OCCSC(C)(C)C. The topological polar surface area (TPSA) is 21.3 Å². The van der Waals surface area contributed by atoms with E-state index in [1.165, 1.54) is 5.56 Å². The predicted molar refractivity (Wildman–Crippen MR) is 81.5 cm³/mol. The van der Waals surface area contributed by atoms with E-state index in [4.69, 9.17) is 4.74 Å². The standard InChI is InChI=1S/C15H25NOS/c1-5-16-12-13-8-6-7-9-14(13)17-10-11-18-15(2,3)4/h6-9,16H,5,10-12H2,1-4H3. The fourth-order valence-electron chi connectivity index (χ4n) is 1.55. The van der Waals surface area contributed by atoms with Crippen LogP contribution in [-0.2, 0) is 6.54 Å². The molecule has 0 fully saturated rings. The monoisotopic (exact) mass is 267 g/mol. The number of hydrogen-bond donors (Lipinski definition) is 1. The zero-order valence-electron chi connectivity index (χ0n) is 12.0. The van der Waals surface area contributed by atoms with Gasteiger partial charge < -0.3 is 10.1 Å². The minimum absolute atomic E-state index is 0.312. The minimum Gasteiger partial charge on any atom is -0.492 e. The van der Waals surface area contributed by atoms with Gasteiger partial charge in [-0.3, -0.25) is 0 Å². The summed E-state index contributed by atoms with van der Waals surface area (Å²) in [7, 11) is 0. The van der Waals surface area contributed by atoms with Crippen molar-refractivity contribution >= 4 is 11.8 Å². The van der Waals surface area contributed by atoms with Crippen molar-refractivity contribution in [3.63, 3.8) is 0 Å². The summed E-state index contributed by atoms with van der Waals surface area (Å²) in [6.07, 6.45) is 0. The Bertz CT molecular complexity index is 347. The van der Waals surface area contributed by atoms with Crippen LogP contribution in [-0.4, -0.2) is 23.7 Å². The Morgan fingerprint density at radius 1 is 1.22 bits per heavy atom. The maximum absolute atomic E-state index is 5.87. The van der Waals surface area contributed by atoms with E-state index >= 15 is 0 Å². The van der Waals surface area contributed by atoms with Crippen molar-refractivity contribution in [3.8, 4) is 5.75 Å². The van der Waals surface area contributed by atoms with Crippen molar-refractivity contribution in [1.82, 2.24) is 5.32 Å². The average molecular weight is 267 g/mol. The van der Waals surface area contributed by atoms with Crippen molar-refractivity contribution in [2.45, 2.75) is 39.0 Å². The molecule has 0 radical (unpaired) electrons. The van der Waals surface area contributed by atoms with E-state index in [-0.39, 0.29) is 0 Å². The highest BCUT2D eigenvalue weighted by molar-refractivity contribution is 8.00. The first-order valence-corrected chi connectivity index (χ1v) is 7.57. The maximum atomic E-state index is 5.87. The normalized spacial score (nSPS) is 11.6. The third kappa shape index (κ3) is 6.31. The second-order valence-electron chi connectivity index (χ2n) is 5.20. The molecule has 0 spiro atoms. The van der Waals surface area contributed by atoms with Crippen LogP contribution in [0.2, 0.25) is 0 Å². The van der Waals surface area contributed by atoms with Crippen LogP contribution in [0.15, 0.2) is 24.3 Å². The molecule has 0 bridgehead atoms. The summed E-state index contributed by atoms with van der Waals surface area (Å²) >= 11 is 1.94. The molecule has 1 aromatic rings. The summed E-state index contributed by atoms with van der Waals surface area (Å²) in [5.74, 6) is 2.03. The molecule has 0 heterocycles. The van der Waals surface area contributed by atoms with Crippen LogP contribution in [0, 0.1) is 0 Å². The molecule has 0 unspecified atom stereocenters. The van der Waals surface area contributed by atoms with Gasteiger partial charge in [-0.05, 0) is 12.6 Å². The highest BCUT2D eigenvalue weighted by atomic mass is 32.2. The smallest absolute Gasteiger partial charge is 0.123 e. The number of para-hydroxylation sites is 1. The highest BCUT2D eigenvalue weighted by Crippen LogP contribution is 2.23. The first-order chi connectivity index (χ1) is 8.53. The van der Waals surface area contributed by atoms with Crippen molar-refractivity contribution in [2.75, 3.05) is 18.9 Å². The highest BCUT2D eigenvalue weighted by Gasteiger charge is 2.10. The average Bonchev–Trinajstić information content (AvgIpc) is 2.32. The van der Waals surface area contributed by atoms with Gasteiger partial charge in [-0.25, -0.2) is 0 Å². The van der Waals surface area contributed by atoms with Crippen molar-refractivity contribution < 1.29 is 4.74 Å². The quantitative estimate of drug-likeness (QED) is 0.761. The van der Waals surface area contributed by atoms with Gasteiger partial charge >= 0.3 is 0 Å². The summed E-state index contributed by atoms with van der Waals surface area (Å²) in [6.45, 7) is 11.4. The number of rotatable bonds is 7. The third-order valence-corrected chi connectivity index (χ3v) is 3.65. The van der Waals surface area contributed by atoms with Crippen LogP contribution in [0.3, 0.4) is 0 Å². The largest absolute Gasteiger partial charge is 0.492 e. The van der Waals surface area contributed by atoms with Crippen molar-refractivity contribution in [1.29, 1.82) is 0 Å². The maximum Gasteiger partial charge on any atom is 0.123 e. The number of hydrogen-bond acceptors (Lipinski definition) is 3. The predicted octanol–water partition coefficient (Wildman–Crippen LogP) is 3.71. The molecule has 0 atom stereocenters. The van der Waals surface area contributed by atoms with Gasteiger partial charge in [0, 0.05) is 22.6 Å². The zero-order valence-corrected chi connectivity index (χ0v) is 12.8. The molecule has 0 aliphatic heterocycles. The van der Waals surface area contributed by atoms with Crippen LogP contribution in [0.1, 0.15) is 33.3 Å². The fraction of sp³-hybridized carbons (Fsp3) is 0.600. The summed E-state index contributed by atoms with van der Waals surface area (Å²) in [5.41, 5.74) is 1.24.